The average molecular weight is 376 g/mol. The number of hydrogen-bond donors (Lipinski definition) is 2. The zero-order valence-electron chi connectivity index (χ0n) is 13.7. The Morgan fingerprint density at radius 1 is 1.20 bits per heavy atom. The Hall–Kier alpha value is -1.47. The first kappa shape index (κ1) is 18.3. The maximum absolute atomic E-state index is 12.9. The highest BCUT2D eigenvalue weighted by molar-refractivity contribution is 6.31. The first-order valence-electron chi connectivity index (χ1n) is 8.50. The summed E-state index contributed by atoms with van der Waals surface area (Å²) in [6.07, 6.45) is -1.07. The molecule has 2 heterocycles. The summed E-state index contributed by atoms with van der Waals surface area (Å²) in [7, 11) is 0. The van der Waals surface area contributed by atoms with Crippen LogP contribution in [0.4, 0.5) is 18.9 Å². The van der Waals surface area contributed by atoms with Crippen LogP contribution in [0.5, 0.6) is 0 Å². The highest BCUT2D eigenvalue weighted by Crippen LogP contribution is 2.34. The van der Waals surface area contributed by atoms with E-state index in [0.717, 1.165) is 44.5 Å². The normalized spacial score (nSPS) is 25.1. The Labute approximate surface area is 149 Å². The molecule has 8 heteroatoms. The molecule has 0 aliphatic carbocycles. The molecule has 0 aromatic heterocycles. The van der Waals surface area contributed by atoms with Gasteiger partial charge in [-0.15, -0.1) is 0 Å². The fourth-order valence-electron chi connectivity index (χ4n) is 3.53. The van der Waals surface area contributed by atoms with Crippen molar-refractivity contribution in [2.24, 2.45) is 0 Å². The number of carbonyl (C=O) groups excluding carboxylic acids is 1. The van der Waals surface area contributed by atoms with E-state index in [0.29, 0.717) is 13.0 Å². The van der Waals surface area contributed by atoms with Gasteiger partial charge < -0.3 is 15.5 Å². The van der Waals surface area contributed by atoms with E-state index in [1.54, 1.807) is 0 Å². The molecule has 0 spiro atoms. The van der Waals surface area contributed by atoms with Crippen molar-refractivity contribution in [3.8, 4) is 0 Å². The van der Waals surface area contributed by atoms with Crippen LogP contribution in [-0.2, 0) is 11.0 Å². The number of nitrogens with one attached hydrogen (secondary N) is 2. The highest BCUT2D eigenvalue weighted by Gasteiger charge is 2.35. The van der Waals surface area contributed by atoms with E-state index < -0.39 is 17.8 Å². The smallest absolute Gasteiger partial charge is 0.374 e. The summed E-state index contributed by atoms with van der Waals surface area (Å²) < 4.78 is 38.8. The standard InChI is InChI=1S/C17H21ClF3N3O/c18-12-7-11(17(19,20)21)8-13(9-12)23-15-4-2-6-24(16(15)25)14-3-1-5-22-10-14/h7-9,14-15,22-23H,1-6,10H2. The topological polar surface area (TPSA) is 44.4 Å². The molecule has 2 fully saturated rings. The van der Waals surface area contributed by atoms with E-state index in [9.17, 15) is 18.0 Å². The maximum Gasteiger partial charge on any atom is 0.416 e. The second-order valence-corrected chi connectivity index (χ2v) is 7.03. The first-order chi connectivity index (χ1) is 11.8. The number of amides is 1. The summed E-state index contributed by atoms with van der Waals surface area (Å²) in [5.41, 5.74) is -0.596. The molecular formula is C17H21ClF3N3O. The lowest BCUT2D eigenvalue weighted by molar-refractivity contribution is -0.137. The van der Waals surface area contributed by atoms with Crippen LogP contribution in [0.2, 0.25) is 5.02 Å². The lowest BCUT2D eigenvalue weighted by Gasteiger charge is -2.40. The zero-order valence-corrected chi connectivity index (χ0v) is 14.5. The van der Waals surface area contributed by atoms with Crippen molar-refractivity contribution in [1.82, 2.24) is 10.2 Å². The number of alkyl halides is 3. The number of likely N-dealkylation sites (tertiary alicyclic amines) is 1. The van der Waals surface area contributed by atoms with Gasteiger partial charge in [-0.25, -0.2) is 0 Å². The van der Waals surface area contributed by atoms with Gasteiger partial charge >= 0.3 is 6.18 Å². The van der Waals surface area contributed by atoms with Crippen molar-refractivity contribution in [2.75, 3.05) is 25.0 Å². The Morgan fingerprint density at radius 3 is 2.68 bits per heavy atom. The average Bonchev–Trinajstić information content (AvgIpc) is 2.56. The number of benzene rings is 1. The highest BCUT2D eigenvalue weighted by atomic mass is 35.5. The number of hydrogen-bond acceptors (Lipinski definition) is 3. The second-order valence-electron chi connectivity index (χ2n) is 6.60. The number of piperidine rings is 2. The Bertz CT molecular complexity index is 632. The molecule has 1 amide bonds. The van der Waals surface area contributed by atoms with Crippen LogP contribution in [0, 0.1) is 0 Å². The van der Waals surface area contributed by atoms with Crippen LogP contribution in [0.15, 0.2) is 18.2 Å². The minimum Gasteiger partial charge on any atom is -0.374 e. The first-order valence-corrected chi connectivity index (χ1v) is 8.88. The fourth-order valence-corrected chi connectivity index (χ4v) is 3.77. The number of rotatable bonds is 3. The van der Waals surface area contributed by atoms with Gasteiger partial charge in [0.05, 0.1) is 5.56 Å². The third-order valence-electron chi connectivity index (χ3n) is 4.75. The molecule has 2 saturated heterocycles. The summed E-state index contributed by atoms with van der Waals surface area (Å²) in [6, 6.07) is 2.95. The van der Waals surface area contributed by atoms with Gasteiger partial charge in [-0.3, -0.25) is 4.79 Å². The molecule has 2 aliphatic heterocycles. The molecule has 0 bridgehead atoms. The van der Waals surface area contributed by atoms with Crippen LogP contribution in [0.1, 0.15) is 31.2 Å². The third kappa shape index (κ3) is 4.39. The molecule has 138 valence electrons. The van der Waals surface area contributed by atoms with Crippen molar-refractivity contribution >= 4 is 23.2 Å². The minimum atomic E-state index is -4.47. The molecule has 0 saturated carbocycles. The molecule has 1 aromatic rings. The maximum atomic E-state index is 12.9. The van der Waals surface area contributed by atoms with Crippen molar-refractivity contribution in [1.29, 1.82) is 0 Å². The van der Waals surface area contributed by atoms with E-state index in [1.807, 2.05) is 4.90 Å². The molecule has 25 heavy (non-hydrogen) atoms. The Kier molecular flexibility index (Phi) is 5.43. The van der Waals surface area contributed by atoms with Crippen LogP contribution in [0.3, 0.4) is 0 Å². The minimum absolute atomic E-state index is 0.00563. The van der Waals surface area contributed by atoms with E-state index in [2.05, 4.69) is 10.6 Å². The van der Waals surface area contributed by atoms with Crippen molar-refractivity contribution in [3.05, 3.63) is 28.8 Å². The number of carbonyl (C=O) groups is 1. The monoisotopic (exact) mass is 375 g/mol. The van der Waals surface area contributed by atoms with Gasteiger partial charge in [-0.2, -0.15) is 13.2 Å². The van der Waals surface area contributed by atoms with E-state index in [-0.39, 0.29) is 22.7 Å². The van der Waals surface area contributed by atoms with Gasteiger partial charge in [0.15, 0.2) is 0 Å². The van der Waals surface area contributed by atoms with Crippen LogP contribution >= 0.6 is 11.6 Å². The Balaban J connectivity index is 1.73. The molecule has 2 atom stereocenters. The van der Waals surface area contributed by atoms with Crippen molar-refractivity contribution < 1.29 is 18.0 Å². The number of nitrogens with zero attached hydrogens (tertiary/aromatic N) is 1. The number of halogens is 4. The molecule has 2 N–H and O–H groups in total. The zero-order chi connectivity index (χ0) is 18.0. The molecule has 2 aliphatic rings. The van der Waals surface area contributed by atoms with Crippen LogP contribution < -0.4 is 10.6 Å². The molecule has 2 unspecified atom stereocenters. The Morgan fingerprint density at radius 2 is 2.00 bits per heavy atom. The summed E-state index contributed by atoms with van der Waals surface area (Å²) >= 11 is 5.82. The van der Waals surface area contributed by atoms with Crippen LogP contribution in [-0.4, -0.2) is 42.5 Å². The second kappa shape index (κ2) is 7.41. The fraction of sp³-hybridized carbons (Fsp3) is 0.588. The van der Waals surface area contributed by atoms with Gasteiger partial charge in [0.2, 0.25) is 5.91 Å². The van der Waals surface area contributed by atoms with Gasteiger partial charge in [0.1, 0.15) is 6.04 Å². The lowest BCUT2D eigenvalue weighted by atomic mass is 9.98. The lowest BCUT2D eigenvalue weighted by Crippen LogP contribution is -2.55. The van der Waals surface area contributed by atoms with E-state index >= 15 is 0 Å². The van der Waals surface area contributed by atoms with Crippen molar-refractivity contribution in [3.63, 3.8) is 0 Å². The van der Waals surface area contributed by atoms with E-state index in [1.165, 1.54) is 6.07 Å². The molecular weight excluding hydrogens is 355 g/mol. The summed E-state index contributed by atoms with van der Waals surface area (Å²) in [5, 5.41) is 6.24. The third-order valence-corrected chi connectivity index (χ3v) is 4.97. The van der Waals surface area contributed by atoms with Gasteiger partial charge in [0.25, 0.3) is 0 Å². The van der Waals surface area contributed by atoms with Gasteiger partial charge in [0, 0.05) is 29.8 Å². The van der Waals surface area contributed by atoms with Gasteiger partial charge in [-0.1, -0.05) is 11.6 Å². The van der Waals surface area contributed by atoms with Gasteiger partial charge in [-0.05, 0) is 50.4 Å². The molecule has 0 radical (unpaired) electrons. The largest absolute Gasteiger partial charge is 0.416 e. The summed E-state index contributed by atoms with van der Waals surface area (Å²) in [4.78, 5) is 14.6. The predicted molar refractivity (Wildman–Crippen MR) is 90.7 cm³/mol. The predicted octanol–water partition coefficient (Wildman–Crippen LogP) is 3.51. The summed E-state index contributed by atoms with van der Waals surface area (Å²) in [5.74, 6) is -0.0477. The summed E-state index contributed by atoms with van der Waals surface area (Å²) in [6.45, 7) is 2.43. The molecule has 3 rings (SSSR count). The number of anilines is 1. The molecule has 1 aromatic carbocycles. The van der Waals surface area contributed by atoms with E-state index in [4.69, 9.17) is 11.6 Å². The SMILES string of the molecule is O=C1C(Nc2cc(Cl)cc(C(F)(F)F)c2)CCCN1C1CCCNC1. The molecule has 4 nitrogen and oxygen atoms in total. The quantitative estimate of drug-likeness (QED) is 0.849. The van der Waals surface area contributed by atoms with Crippen molar-refractivity contribution in [2.45, 2.75) is 43.9 Å². The van der Waals surface area contributed by atoms with Crippen LogP contribution in [0.25, 0.3) is 0 Å².